The molecule has 0 aliphatic rings. The first-order valence-corrected chi connectivity index (χ1v) is 21.4. The first kappa shape index (κ1) is 47.0. The molecule has 0 saturated heterocycles. The molecule has 14 heteroatoms. The summed E-state index contributed by atoms with van der Waals surface area (Å²) in [7, 11) is 6.39. The van der Waals surface area contributed by atoms with E-state index >= 15 is 0 Å². The fourth-order valence-corrected chi connectivity index (χ4v) is 6.97. The van der Waals surface area contributed by atoms with Gasteiger partial charge in [-0.2, -0.15) is 0 Å². The molecule has 8 rings (SSSR count). The van der Waals surface area contributed by atoms with Crippen LogP contribution in [-0.2, 0) is 26.2 Å². The van der Waals surface area contributed by atoms with E-state index in [1.54, 1.807) is 88.1 Å². The summed E-state index contributed by atoms with van der Waals surface area (Å²) in [5.74, 6) is 8.87. The molecule has 0 aliphatic carbocycles. The minimum absolute atomic E-state index is 0.141. The lowest BCUT2D eigenvalue weighted by molar-refractivity contribution is 0.414. The summed E-state index contributed by atoms with van der Waals surface area (Å²) < 4.78 is 26.4. The van der Waals surface area contributed by atoms with E-state index in [4.69, 9.17) is 18.9 Å². The summed E-state index contributed by atoms with van der Waals surface area (Å²) in [6.45, 7) is 0.870. The highest BCUT2D eigenvalue weighted by Gasteiger charge is 2.14. The molecule has 0 spiro atoms. The number of hydrogen-bond donors (Lipinski definition) is 0. The largest absolute Gasteiger partial charge is 0.497 e. The number of nitrogens with zero attached hydrogens (tertiary/aromatic N) is 6. The lowest BCUT2D eigenvalue weighted by atomic mass is 10.2. The van der Waals surface area contributed by atoms with Gasteiger partial charge in [-0.3, -0.25) is 37.8 Å². The Morgan fingerprint density at radius 2 is 0.794 bits per heavy atom. The molecule has 0 aliphatic heterocycles. The maximum absolute atomic E-state index is 13.5. The van der Waals surface area contributed by atoms with Crippen molar-refractivity contribution in [3.63, 3.8) is 0 Å². The molecule has 342 valence electrons. The van der Waals surface area contributed by atoms with Gasteiger partial charge in [0, 0.05) is 42.5 Å². The van der Waals surface area contributed by atoms with Crippen LogP contribution in [0.15, 0.2) is 177 Å². The summed E-state index contributed by atoms with van der Waals surface area (Å²) in [5, 5.41) is 0. The molecule has 0 N–H and O–H groups in total. The SMILES string of the molecule is COc1ccc(Cn2c(/C=C\c3ccncc3)cc(=O)n(Cc3ccc(OC)cc3)c2=O)cc1.COc1ccc(Cn2c(C#Cc3ccncc3)cc(=O)n(Cc3ccc(OC)cc3)c2=O)cc1. The maximum Gasteiger partial charge on any atom is 0.332 e. The van der Waals surface area contributed by atoms with Crippen molar-refractivity contribution in [3.8, 4) is 34.8 Å². The summed E-state index contributed by atoms with van der Waals surface area (Å²) in [6.07, 6.45) is 10.3. The highest BCUT2D eigenvalue weighted by Crippen LogP contribution is 2.16. The van der Waals surface area contributed by atoms with Crippen LogP contribution >= 0.6 is 0 Å². The minimum atomic E-state index is -0.432. The molecule has 14 nitrogen and oxygen atoms in total. The Kier molecular flexibility index (Phi) is 15.8. The lowest BCUT2D eigenvalue weighted by Gasteiger charge is -2.14. The van der Waals surface area contributed by atoms with Crippen LogP contribution in [0.25, 0.3) is 12.2 Å². The third kappa shape index (κ3) is 12.2. The van der Waals surface area contributed by atoms with Crippen LogP contribution in [-0.4, -0.2) is 56.7 Å². The molecule has 0 radical (unpaired) electrons. The Morgan fingerprint density at radius 3 is 1.22 bits per heavy atom. The van der Waals surface area contributed by atoms with Crippen LogP contribution in [0.5, 0.6) is 23.0 Å². The Morgan fingerprint density at radius 1 is 0.426 bits per heavy atom. The van der Waals surface area contributed by atoms with Crippen molar-refractivity contribution in [2.75, 3.05) is 28.4 Å². The number of ether oxygens (including phenoxy) is 4. The molecule has 0 saturated carbocycles. The molecule has 0 atom stereocenters. The van der Waals surface area contributed by atoms with Crippen molar-refractivity contribution in [1.82, 2.24) is 28.2 Å². The van der Waals surface area contributed by atoms with Crippen molar-refractivity contribution >= 4 is 12.2 Å². The molecule has 68 heavy (non-hydrogen) atoms. The van der Waals surface area contributed by atoms with Crippen molar-refractivity contribution in [1.29, 1.82) is 0 Å². The van der Waals surface area contributed by atoms with E-state index in [-0.39, 0.29) is 30.9 Å². The van der Waals surface area contributed by atoms with E-state index in [9.17, 15) is 19.2 Å². The van der Waals surface area contributed by atoms with Crippen molar-refractivity contribution < 1.29 is 18.9 Å². The van der Waals surface area contributed by atoms with Gasteiger partial charge in [0.15, 0.2) is 0 Å². The fraction of sp³-hybridized carbons (Fsp3) is 0.148. The molecule has 4 heterocycles. The van der Waals surface area contributed by atoms with Crippen molar-refractivity contribution in [3.05, 3.63) is 245 Å². The predicted molar refractivity (Wildman–Crippen MR) is 262 cm³/mol. The zero-order valence-electron chi connectivity index (χ0n) is 37.9. The van der Waals surface area contributed by atoms with Crippen LogP contribution in [0.3, 0.4) is 0 Å². The second-order valence-electron chi connectivity index (χ2n) is 15.2. The Bertz CT molecular complexity index is 3280. The summed E-state index contributed by atoms with van der Waals surface area (Å²) >= 11 is 0. The second-order valence-corrected chi connectivity index (χ2v) is 15.2. The first-order chi connectivity index (χ1) is 33.1. The van der Waals surface area contributed by atoms with Crippen LogP contribution in [0.2, 0.25) is 0 Å². The van der Waals surface area contributed by atoms with E-state index in [0.717, 1.165) is 44.9 Å². The highest BCUT2D eigenvalue weighted by atomic mass is 16.5. The fourth-order valence-electron chi connectivity index (χ4n) is 6.97. The molecule has 0 amide bonds. The Labute approximate surface area is 392 Å². The summed E-state index contributed by atoms with van der Waals surface area (Å²) in [4.78, 5) is 60.9. The number of rotatable bonds is 14. The predicted octanol–water partition coefficient (Wildman–Crippen LogP) is 6.61. The van der Waals surface area contributed by atoms with E-state index in [1.807, 2.05) is 103 Å². The van der Waals surface area contributed by atoms with Gasteiger partial charge in [-0.05, 0) is 113 Å². The molecule has 8 aromatic rings. The topological polar surface area (TPSA) is 151 Å². The van der Waals surface area contributed by atoms with Gasteiger partial charge in [-0.25, -0.2) is 9.59 Å². The molecule has 0 fully saturated rings. The lowest BCUT2D eigenvalue weighted by Crippen LogP contribution is -2.41. The van der Waals surface area contributed by atoms with Crippen LogP contribution in [0.4, 0.5) is 0 Å². The van der Waals surface area contributed by atoms with Crippen LogP contribution < -0.4 is 41.4 Å². The average molecular weight is 909 g/mol. The standard InChI is InChI=1S/C27H25N3O4.C27H23N3O4/c2*1-33-24-9-4-21(5-10-24)18-29-23(8-3-20-13-15-28-16-14-20)17-26(31)30(27(29)32)19-22-6-11-25(34-2)12-7-22/h3-17H,18-19H2,1-2H3;4-7,9-17H,18-19H2,1-2H3/b8-3-;. The Hall–Kier alpha value is -8.96. The highest BCUT2D eigenvalue weighted by molar-refractivity contribution is 5.67. The zero-order valence-corrected chi connectivity index (χ0v) is 37.9. The monoisotopic (exact) mass is 908 g/mol. The van der Waals surface area contributed by atoms with Gasteiger partial charge in [-0.1, -0.05) is 60.5 Å². The first-order valence-electron chi connectivity index (χ1n) is 21.4. The third-order valence-electron chi connectivity index (χ3n) is 10.8. The van der Waals surface area contributed by atoms with Crippen LogP contribution in [0.1, 0.15) is 44.8 Å². The van der Waals surface area contributed by atoms with Crippen molar-refractivity contribution in [2.45, 2.75) is 26.2 Å². The number of hydrogen-bond acceptors (Lipinski definition) is 10. The zero-order chi connectivity index (χ0) is 47.8. The molecular formula is C54H48N6O8. The van der Waals surface area contributed by atoms with Crippen molar-refractivity contribution in [2.24, 2.45) is 0 Å². The smallest absolute Gasteiger partial charge is 0.332 e. The third-order valence-corrected chi connectivity index (χ3v) is 10.8. The van der Waals surface area contributed by atoms with Crippen LogP contribution in [0, 0.1) is 11.8 Å². The molecule has 0 bridgehead atoms. The molecule has 4 aromatic heterocycles. The van der Waals surface area contributed by atoms with Gasteiger partial charge >= 0.3 is 11.4 Å². The van der Waals surface area contributed by atoms with E-state index in [1.165, 1.54) is 25.8 Å². The van der Waals surface area contributed by atoms with Gasteiger partial charge in [-0.15, -0.1) is 0 Å². The van der Waals surface area contributed by atoms with E-state index < -0.39 is 11.2 Å². The average Bonchev–Trinajstić information content (AvgIpc) is 3.38. The van der Waals surface area contributed by atoms with Gasteiger partial charge in [0.1, 0.15) is 28.7 Å². The summed E-state index contributed by atoms with van der Waals surface area (Å²) in [6, 6.07) is 39.6. The van der Waals surface area contributed by atoms with E-state index in [0.29, 0.717) is 29.4 Å². The molecular weight excluding hydrogens is 861 g/mol. The van der Waals surface area contributed by atoms with Gasteiger partial charge in [0.05, 0.1) is 60.3 Å². The summed E-state index contributed by atoms with van der Waals surface area (Å²) in [5.41, 5.74) is 4.37. The molecule has 4 aromatic carbocycles. The Balaban J connectivity index is 0.000000201. The maximum atomic E-state index is 13.5. The van der Waals surface area contributed by atoms with E-state index in [2.05, 4.69) is 21.8 Å². The molecule has 0 unspecified atom stereocenters. The number of benzene rings is 4. The normalized spacial score (nSPS) is 10.6. The van der Waals surface area contributed by atoms with Gasteiger partial charge in [0.25, 0.3) is 11.1 Å². The minimum Gasteiger partial charge on any atom is -0.497 e. The number of pyridine rings is 2. The quantitative estimate of drug-likeness (QED) is 0.109. The second kappa shape index (κ2) is 22.8. The van der Waals surface area contributed by atoms with Gasteiger partial charge < -0.3 is 18.9 Å². The number of methoxy groups -OCH3 is 4. The van der Waals surface area contributed by atoms with Gasteiger partial charge in [0.2, 0.25) is 0 Å². The number of aromatic nitrogens is 6.